The molecule has 0 radical (unpaired) electrons. The first-order valence-electron chi connectivity index (χ1n) is 8.80. The van der Waals surface area contributed by atoms with Crippen molar-refractivity contribution < 1.29 is 34.4 Å². The molecule has 1 aromatic rings. The molecule has 0 aromatic heterocycles. The van der Waals surface area contributed by atoms with Crippen molar-refractivity contribution >= 4 is 23.7 Å². The maximum atomic E-state index is 9.59. The summed E-state index contributed by atoms with van der Waals surface area (Å²) in [4.78, 5) is 33.2. The SMILES string of the molecule is CN1CCC2CC1N(C)c1ccc(O)cc12.COC(N)=O.O=C(O)C=CC(=O)O. The molecule has 5 N–H and O–H groups in total. The molecule has 2 aliphatic rings. The van der Waals surface area contributed by atoms with Gasteiger partial charge >= 0.3 is 18.0 Å². The van der Waals surface area contributed by atoms with Crippen LogP contribution < -0.4 is 10.6 Å². The van der Waals surface area contributed by atoms with Gasteiger partial charge in [-0.1, -0.05) is 0 Å². The zero-order chi connectivity index (χ0) is 22.1. The number of phenols is 1. The molecule has 0 saturated carbocycles. The Balaban J connectivity index is 0.000000273. The van der Waals surface area contributed by atoms with Crippen LogP contribution >= 0.6 is 0 Å². The predicted octanol–water partition coefficient (Wildman–Crippen LogP) is 1.40. The summed E-state index contributed by atoms with van der Waals surface area (Å²) in [5.41, 5.74) is 7.04. The number of phenolic OH excluding ortho intramolecular Hbond substituents is 1. The number of primary amides is 1. The third-order valence-corrected chi connectivity index (χ3v) is 4.68. The van der Waals surface area contributed by atoms with Crippen LogP contribution in [0.5, 0.6) is 5.75 Å². The highest BCUT2D eigenvalue weighted by Gasteiger charge is 2.36. The summed E-state index contributed by atoms with van der Waals surface area (Å²) in [5, 5.41) is 25.2. The van der Waals surface area contributed by atoms with Gasteiger partial charge in [-0.15, -0.1) is 0 Å². The molecule has 2 unspecified atom stereocenters. The van der Waals surface area contributed by atoms with Gasteiger partial charge in [-0.25, -0.2) is 14.4 Å². The van der Waals surface area contributed by atoms with Crippen LogP contribution in [-0.4, -0.2) is 72.2 Å². The highest BCUT2D eigenvalue weighted by Crippen LogP contribution is 2.44. The smallest absolute Gasteiger partial charge is 0.404 e. The Morgan fingerprint density at radius 1 is 1.17 bits per heavy atom. The van der Waals surface area contributed by atoms with E-state index in [4.69, 9.17) is 10.2 Å². The summed E-state index contributed by atoms with van der Waals surface area (Å²) >= 11 is 0. The molecule has 10 nitrogen and oxygen atoms in total. The number of nitrogens with two attached hydrogens (primary N) is 1. The highest BCUT2D eigenvalue weighted by atomic mass is 16.5. The van der Waals surface area contributed by atoms with Gasteiger partial charge in [0.1, 0.15) is 5.75 Å². The van der Waals surface area contributed by atoms with Gasteiger partial charge in [0.15, 0.2) is 0 Å². The lowest BCUT2D eigenvalue weighted by atomic mass is 9.83. The van der Waals surface area contributed by atoms with Gasteiger partial charge in [0.25, 0.3) is 0 Å². The fourth-order valence-corrected chi connectivity index (χ4v) is 3.29. The van der Waals surface area contributed by atoms with Gasteiger partial charge in [-0.3, -0.25) is 4.90 Å². The number of carboxylic acids is 2. The fourth-order valence-electron chi connectivity index (χ4n) is 3.29. The van der Waals surface area contributed by atoms with Gasteiger partial charge < -0.3 is 30.7 Å². The Bertz CT molecular complexity index is 750. The number of anilines is 1. The summed E-state index contributed by atoms with van der Waals surface area (Å²) in [6.45, 7) is 1.15. The van der Waals surface area contributed by atoms with Crippen molar-refractivity contribution in [3.8, 4) is 5.75 Å². The number of amides is 1. The molecule has 2 aliphatic heterocycles. The Morgan fingerprint density at radius 3 is 2.21 bits per heavy atom. The molecule has 29 heavy (non-hydrogen) atoms. The van der Waals surface area contributed by atoms with Crippen molar-refractivity contribution in [1.82, 2.24) is 4.90 Å². The number of carbonyl (C=O) groups is 3. The number of aliphatic carboxylic acids is 2. The number of piperidine rings is 1. The van der Waals surface area contributed by atoms with E-state index in [0.717, 1.165) is 6.54 Å². The third-order valence-electron chi connectivity index (χ3n) is 4.68. The molecular weight excluding hydrogens is 382 g/mol. The molecule has 1 amide bonds. The number of nitrogens with zero attached hydrogens (tertiary/aromatic N) is 2. The van der Waals surface area contributed by atoms with Crippen LogP contribution in [0, 0.1) is 0 Å². The first-order chi connectivity index (χ1) is 13.6. The number of methoxy groups -OCH3 is 1. The van der Waals surface area contributed by atoms with Crippen molar-refractivity contribution in [2.75, 3.05) is 32.6 Å². The van der Waals surface area contributed by atoms with Crippen molar-refractivity contribution in [2.45, 2.75) is 24.9 Å². The zero-order valence-corrected chi connectivity index (χ0v) is 16.6. The summed E-state index contributed by atoms with van der Waals surface area (Å²) in [7, 11) is 5.57. The molecule has 1 saturated heterocycles. The molecule has 10 heteroatoms. The average molecular weight is 409 g/mol. The number of carbonyl (C=O) groups excluding carboxylic acids is 1. The molecule has 2 atom stereocenters. The first-order valence-corrected chi connectivity index (χ1v) is 8.80. The molecule has 160 valence electrons. The van der Waals surface area contributed by atoms with Crippen LogP contribution in [0.1, 0.15) is 24.3 Å². The summed E-state index contributed by atoms with van der Waals surface area (Å²) < 4.78 is 3.89. The average Bonchev–Trinajstić information content (AvgIpc) is 2.66. The Kier molecular flexibility index (Phi) is 8.94. The number of aromatic hydroxyl groups is 1. The number of fused-ring (bicyclic) bond motifs is 4. The second-order valence-corrected chi connectivity index (χ2v) is 6.57. The van der Waals surface area contributed by atoms with Gasteiger partial charge in [-0.2, -0.15) is 0 Å². The number of benzene rings is 1. The number of hydrogen-bond acceptors (Lipinski definition) is 7. The van der Waals surface area contributed by atoms with E-state index in [1.165, 1.54) is 31.2 Å². The van der Waals surface area contributed by atoms with E-state index < -0.39 is 18.0 Å². The molecule has 2 heterocycles. The number of carboxylic acid groups (broad SMARTS) is 2. The van der Waals surface area contributed by atoms with Crippen molar-refractivity contribution in [3.63, 3.8) is 0 Å². The van der Waals surface area contributed by atoms with Crippen molar-refractivity contribution in [1.29, 1.82) is 0 Å². The van der Waals surface area contributed by atoms with Crippen LogP contribution in [0.15, 0.2) is 30.4 Å². The van der Waals surface area contributed by atoms with E-state index in [0.29, 0.717) is 30.0 Å². The molecule has 0 spiro atoms. The Labute approximate surface area is 168 Å². The van der Waals surface area contributed by atoms with Crippen molar-refractivity contribution in [2.24, 2.45) is 5.73 Å². The lowest BCUT2D eigenvalue weighted by Crippen LogP contribution is -2.52. The van der Waals surface area contributed by atoms with Crippen LogP contribution in [0.3, 0.4) is 0 Å². The minimum atomic E-state index is -1.26. The summed E-state index contributed by atoms with van der Waals surface area (Å²) in [6.07, 6.45) is 3.28. The largest absolute Gasteiger partial charge is 0.508 e. The zero-order valence-electron chi connectivity index (χ0n) is 16.6. The fraction of sp³-hybridized carbons (Fsp3) is 0.421. The second kappa shape index (κ2) is 10.9. The minimum Gasteiger partial charge on any atom is -0.508 e. The van der Waals surface area contributed by atoms with Crippen LogP contribution in [0.2, 0.25) is 0 Å². The Hall–Kier alpha value is -3.27. The van der Waals surface area contributed by atoms with E-state index in [2.05, 4.69) is 34.4 Å². The lowest BCUT2D eigenvalue weighted by Gasteiger charge is -2.48. The summed E-state index contributed by atoms with van der Waals surface area (Å²) in [6, 6.07) is 5.78. The first kappa shape index (κ1) is 23.8. The maximum absolute atomic E-state index is 9.59. The molecule has 0 aliphatic carbocycles. The molecule has 1 fully saturated rings. The van der Waals surface area contributed by atoms with Crippen LogP contribution in [0.4, 0.5) is 10.5 Å². The molecule has 3 rings (SSSR count). The minimum absolute atomic E-state index is 0.393. The maximum Gasteiger partial charge on any atom is 0.404 e. The van der Waals surface area contributed by atoms with Gasteiger partial charge in [0.05, 0.1) is 13.3 Å². The number of hydrogen-bond donors (Lipinski definition) is 4. The van der Waals surface area contributed by atoms with Gasteiger partial charge in [0.2, 0.25) is 0 Å². The predicted molar refractivity (Wildman–Crippen MR) is 106 cm³/mol. The monoisotopic (exact) mass is 409 g/mol. The molecule has 2 bridgehead atoms. The van der Waals surface area contributed by atoms with Gasteiger partial charge in [0, 0.05) is 31.4 Å². The Morgan fingerprint density at radius 2 is 1.72 bits per heavy atom. The highest BCUT2D eigenvalue weighted by molar-refractivity contribution is 5.89. The van der Waals surface area contributed by atoms with E-state index in [1.54, 1.807) is 6.07 Å². The number of rotatable bonds is 2. The molecular formula is C19H27N3O7. The third kappa shape index (κ3) is 7.34. The normalized spacial score (nSPS) is 19.8. The van der Waals surface area contributed by atoms with Crippen LogP contribution in [0.25, 0.3) is 0 Å². The number of ether oxygens (including phenoxy) is 1. The second-order valence-electron chi connectivity index (χ2n) is 6.57. The van der Waals surface area contributed by atoms with Crippen LogP contribution in [-0.2, 0) is 14.3 Å². The van der Waals surface area contributed by atoms with E-state index in [1.807, 2.05) is 12.1 Å². The lowest BCUT2D eigenvalue weighted by molar-refractivity contribution is -0.134. The topological polar surface area (TPSA) is 154 Å². The quantitative estimate of drug-likeness (QED) is 0.531. The van der Waals surface area contributed by atoms with Gasteiger partial charge in [-0.05, 0) is 49.6 Å². The van der Waals surface area contributed by atoms with E-state index in [-0.39, 0.29) is 0 Å². The molecule has 1 aromatic carbocycles. The van der Waals surface area contributed by atoms with E-state index >= 15 is 0 Å². The summed E-state index contributed by atoms with van der Waals surface area (Å²) in [5.74, 6) is -1.50. The van der Waals surface area contributed by atoms with Crippen molar-refractivity contribution in [3.05, 3.63) is 35.9 Å². The number of likely N-dealkylation sites (tertiary alicyclic amines) is 1. The standard InChI is InChI=1S/C13H18N2O.C4H4O4.C2H5NO2/c1-14-6-5-9-7-13(14)15(2)12-4-3-10(16)8-11(9)12;5-3(6)1-2-4(7)8;1-5-2(3)4/h3-4,8-9,13,16H,5-7H2,1-2H3;1-2H,(H,5,6)(H,7,8);1H3,(H2,3,4). The van der Waals surface area contributed by atoms with E-state index in [9.17, 15) is 19.5 Å².